The largest absolute Gasteiger partial charge is 0.355 e. The van der Waals surface area contributed by atoms with Crippen LogP contribution in [0.15, 0.2) is 35.3 Å². The van der Waals surface area contributed by atoms with E-state index in [0.29, 0.717) is 26.2 Å². The van der Waals surface area contributed by atoms with E-state index in [0.717, 1.165) is 24.7 Å². The van der Waals surface area contributed by atoms with Crippen molar-refractivity contribution in [3.05, 3.63) is 46.4 Å². The number of amides is 1. The van der Waals surface area contributed by atoms with Crippen LogP contribution in [-0.2, 0) is 7.05 Å². The van der Waals surface area contributed by atoms with E-state index in [-0.39, 0.29) is 17.0 Å². The fraction of sp³-hybridized carbons (Fsp3) is 0.500. The van der Waals surface area contributed by atoms with Gasteiger partial charge >= 0.3 is 0 Å². The van der Waals surface area contributed by atoms with Crippen LogP contribution in [0.4, 0.5) is 11.6 Å². The van der Waals surface area contributed by atoms with Crippen LogP contribution < -0.4 is 15.4 Å². The van der Waals surface area contributed by atoms with Crippen molar-refractivity contribution in [3.8, 4) is 0 Å². The van der Waals surface area contributed by atoms with Gasteiger partial charge in [-0.15, -0.1) is 10.2 Å². The fourth-order valence-electron chi connectivity index (χ4n) is 3.85. The molecule has 0 saturated carbocycles. The average molecular weight is 382 g/mol. The number of piperidine rings is 1. The minimum atomic E-state index is -0.255. The van der Waals surface area contributed by atoms with Crippen LogP contribution in [0.5, 0.6) is 0 Å². The molecule has 2 aliphatic rings. The normalized spacial score (nSPS) is 17.7. The van der Waals surface area contributed by atoms with Gasteiger partial charge in [-0.3, -0.25) is 9.59 Å². The zero-order valence-electron chi connectivity index (χ0n) is 16.3. The first-order chi connectivity index (χ1) is 13.6. The Hall–Kier alpha value is -2.90. The van der Waals surface area contributed by atoms with Crippen LogP contribution in [0.25, 0.3) is 0 Å². The van der Waals surface area contributed by atoms with Crippen LogP contribution in [0.1, 0.15) is 29.6 Å². The minimum absolute atomic E-state index is 0.201. The van der Waals surface area contributed by atoms with Crippen LogP contribution in [0.2, 0.25) is 0 Å². The van der Waals surface area contributed by atoms with Crippen molar-refractivity contribution in [3.63, 3.8) is 0 Å². The molecule has 2 saturated heterocycles. The van der Waals surface area contributed by atoms with E-state index in [2.05, 4.69) is 20.0 Å². The lowest BCUT2D eigenvalue weighted by Gasteiger charge is -2.35. The van der Waals surface area contributed by atoms with Gasteiger partial charge in [0, 0.05) is 52.5 Å². The molecule has 2 aromatic rings. The molecule has 0 radical (unpaired) electrons. The van der Waals surface area contributed by atoms with E-state index in [1.165, 1.54) is 23.8 Å². The average Bonchev–Trinajstić information content (AvgIpc) is 2.76. The third-order valence-corrected chi connectivity index (χ3v) is 5.56. The molecule has 0 bridgehead atoms. The van der Waals surface area contributed by atoms with E-state index in [4.69, 9.17) is 0 Å². The highest BCUT2D eigenvalue weighted by atomic mass is 16.2. The summed E-state index contributed by atoms with van der Waals surface area (Å²) in [6.45, 7) is 4.58. The fourth-order valence-corrected chi connectivity index (χ4v) is 3.85. The van der Waals surface area contributed by atoms with Crippen molar-refractivity contribution in [2.24, 2.45) is 7.05 Å². The molecule has 4 heterocycles. The number of nitrogens with zero attached hydrogens (tertiary/aromatic N) is 6. The molecule has 8 nitrogen and oxygen atoms in total. The first-order valence-electron chi connectivity index (χ1n) is 9.92. The quantitative estimate of drug-likeness (QED) is 0.792. The molecular weight excluding hydrogens is 356 g/mol. The molecule has 8 heteroatoms. The van der Waals surface area contributed by atoms with Crippen molar-refractivity contribution in [2.45, 2.75) is 19.3 Å². The molecular formula is C20H26N6O2. The van der Waals surface area contributed by atoms with E-state index < -0.39 is 0 Å². The van der Waals surface area contributed by atoms with Gasteiger partial charge in [0.25, 0.3) is 11.5 Å². The van der Waals surface area contributed by atoms with Gasteiger partial charge in [0.2, 0.25) is 0 Å². The molecule has 0 unspecified atom stereocenters. The maximum absolute atomic E-state index is 12.7. The van der Waals surface area contributed by atoms with Crippen LogP contribution >= 0.6 is 0 Å². The molecule has 0 aromatic carbocycles. The molecule has 1 amide bonds. The summed E-state index contributed by atoms with van der Waals surface area (Å²) in [5, 5.41) is 8.82. The Morgan fingerprint density at radius 2 is 1.46 bits per heavy atom. The Bertz CT molecular complexity index is 880. The molecule has 0 spiro atoms. The molecule has 2 aromatic heterocycles. The van der Waals surface area contributed by atoms with Crippen LogP contribution in [-0.4, -0.2) is 64.8 Å². The van der Waals surface area contributed by atoms with Crippen molar-refractivity contribution in [2.75, 3.05) is 49.1 Å². The van der Waals surface area contributed by atoms with Gasteiger partial charge in [-0.2, -0.15) is 0 Å². The molecule has 2 fully saturated rings. The van der Waals surface area contributed by atoms with Gasteiger partial charge < -0.3 is 19.3 Å². The highest BCUT2D eigenvalue weighted by Crippen LogP contribution is 2.20. The first-order valence-corrected chi connectivity index (χ1v) is 9.92. The summed E-state index contributed by atoms with van der Waals surface area (Å²) in [6, 6.07) is 7.38. The van der Waals surface area contributed by atoms with E-state index >= 15 is 0 Å². The summed E-state index contributed by atoms with van der Waals surface area (Å²) >= 11 is 0. The Labute approximate surface area is 164 Å². The second-order valence-electron chi connectivity index (χ2n) is 7.41. The Morgan fingerprint density at radius 3 is 2.07 bits per heavy atom. The Morgan fingerprint density at radius 1 is 0.857 bits per heavy atom. The van der Waals surface area contributed by atoms with Crippen molar-refractivity contribution < 1.29 is 4.79 Å². The number of carbonyl (C=O) groups excluding carboxylic acids is 1. The zero-order chi connectivity index (χ0) is 19.5. The summed E-state index contributed by atoms with van der Waals surface area (Å²) in [5.74, 6) is 1.58. The van der Waals surface area contributed by atoms with Gasteiger partial charge in [-0.25, -0.2) is 0 Å². The lowest BCUT2D eigenvalue weighted by molar-refractivity contribution is 0.0744. The summed E-state index contributed by atoms with van der Waals surface area (Å²) in [4.78, 5) is 31.0. The number of rotatable bonds is 3. The molecule has 0 atom stereocenters. The third-order valence-electron chi connectivity index (χ3n) is 5.56. The van der Waals surface area contributed by atoms with Gasteiger partial charge in [-0.05, 0) is 43.5 Å². The van der Waals surface area contributed by atoms with Gasteiger partial charge in [0.15, 0.2) is 11.6 Å². The van der Waals surface area contributed by atoms with Gasteiger partial charge in [0.1, 0.15) is 5.56 Å². The molecule has 148 valence electrons. The number of hydrogen-bond acceptors (Lipinski definition) is 6. The number of aryl methyl sites for hydroxylation is 1. The van der Waals surface area contributed by atoms with E-state index in [9.17, 15) is 9.59 Å². The third kappa shape index (κ3) is 3.72. The second kappa shape index (κ2) is 8.00. The SMILES string of the molecule is Cn1cccc(C(=O)N2CCN(c3ccc(N4CCCCC4)nn3)CC2)c1=O. The van der Waals surface area contributed by atoms with Crippen molar-refractivity contribution >= 4 is 17.5 Å². The highest BCUT2D eigenvalue weighted by molar-refractivity contribution is 5.94. The smallest absolute Gasteiger partial charge is 0.263 e. The molecule has 0 N–H and O–H groups in total. The molecule has 0 aliphatic carbocycles. The van der Waals surface area contributed by atoms with Crippen molar-refractivity contribution in [1.29, 1.82) is 0 Å². The maximum atomic E-state index is 12.7. The predicted octanol–water partition coefficient (Wildman–Crippen LogP) is 1.13. The van der Waals surface area contributed by atoms with E-state index in [1.54, 1.807) is 30.3 Å². The van der Waals surface area contributed by atoms with Crippen molar-refractivity contribution in [1.82, 2.24) is 19.7 Å². The zero-order valence-corrected chi connectivity index (χ0v) is 16.3. The standard InChI is InChI=1S/C20H26N6O2/c1-23-9-5-6-16(19(23)27)20(28)26-14-12-25(13-15-26)18-8-7-17(21-22-18)24-10-3-2-4-11-24/h5-9H,2-4,10-15H2,1H3. The number of anilines is 2. The Balaban J connectivity index is 1.38. The lowest BCUT2D eigenvalue weighted by atomic mass is 10.1. The van der Waals surface area contributed by atoms with Crippen LogP contribution in [0, 0.1) is 0 Å². The van der Waals surface area contributed by atoms with Gasteiger partial charge in [-0.1, -0.05) is 0 Å². The summed E-state index contributed by atoms with van der Waals surface area (Å²) < 4.78 is 1.43. The second-order valence-corrected chi connectivity index (χ2v) is 7.41. The summed E-state index contributed by atoms with van der Waals surface area (Å²) in [7, 11) is 1.66. The summed E-state index contributed by atoms with van der Waals surface area (Å²) in [6.07, 6.45) is 5.37. The predicted molar refractivity (Wildman–Crippen MR) is 108 cm³/mol. The maximum Gasteiger partial charge on any atom is 0.263 e. The minimum Gasteiger partial charge on any atom is -0.355 e. The molecule has 28 heavy (non-hydrogen) atoms. The number of hydrogen-bond donors (Lipinski definition) is 0. The van der Waals surface area contributed by atoms with E-state index in [1.807, 2.05) is 12.1 Å². The summed E-state index contributed by atoms with van der Waals surface area (Å²) in [5.41, 5.74) is -0.0294. The number of pyridine rings is 1. The Kier molecular flexibility index (Phi) is 5.27. The molecule has 4 rings (SSSR count). The number of carbonyl (C=O) groups is 1. The monoisotopic (exact) mass is 382 g/mol. The number of aromatic nitrogens is 3. The first kappa shape index (κ1) is 18.5. The van der Waals surface area contributed by atoms with Crippen LogP contribution in [0.3, 0.4) is 0 Å². The lowest BCUT2D eigenvalue weighted by Crippen LogP contribution is -2.50. The molecule has 2 aliphatic heterocycles. The topological polar surface area (TPSA) is 74.6 Å². The number of piperazine rings is 1. The highest BCUT2D eigenvalue weighted by Gasteiger charge is 2.25. The van der Waals surface area contributed by atoms with Gasteiger partial charge in [0.05, 0.1) is 0 Å².